The van der Waals surface area contributed by atoms with E-state index in [1.165, 1.54) is 0 Å². The monoisotopic (exact) mass is 373 g/mol. The van der Waals surface area contributed by atoms with Gasteiger partial charge < -0.3 is 14.4 Å². The first-order valence-corrected chi connectivity index (χ1v) is 8.98. The number of halogens is 1. The van der Waals surface area contributed by atoms with E-state index in [-0.39, 0.29) is 17.7 Å². The van der Waals surface area contributed by atoms with Gasteiger partial charge in [-0.25, -0.2) is 0 Å². The second-order valence-electron chi connectivity index (χ2n) is 6.79. The highest BCUT2D eigenvalue weighted by Gasteiger charge is 2.23. The number of carbonyl (C=O) groups is 1. The van der Waals surface area contributed by atoms with Crippen molar-refractivity contribution in [3.8, 4) is 11.8 Å². The van der Waals surface area contributed by atoms with Crippen molar-refractivity contribution in [1.82, 2.24) is 4.90 Å². The molecule has 138 valence electrons. The lowest BCUT2D eigenvalue weighted by molar-refractivity contribution is 0.0638. The zero-order chi connectivity index (χ0) is 19.3. The smallest absolute Gasteiger partial charge is 0.290 e. The van der Waals surface area contributed by atoms with E-state index < -0.39 is 5.60 Å². The zero-order valence-electron chi connectivity index (χ0n) is 15.5. The lowest BCUT2D eigenvalue weighted by atomic mass is 10.1. The molecule has 0 aliphatic carbocycles. The highest BCUT2D eigenvalue weighted by Crippen LogP contribution is 2.19. The summed E-state index contributed by atoms with van der Waals surface area (Å²) in [5, 5.41) is 10.3. The molecule has 1 aromatic carbocycles. The van der Waals surface area contributed by atoms with Gasteiger partial charge in [0.05, 0.1) is 0 Å². The highest BCUT2D eigenvalue weighted by molar-refractivity contribution is 6.30. The molecule has 0 spiro atoms. The number of hydrogen-bond donors (Lipinski definition) is 1. The average molecular weight is 374 g/mol. The number of nitrogens with zero attached hydrogens (tertiary/aromatic N) is 1. The zero-order valence-corrected chi connectivity index (χ0v) is 16.3. The van der Waals surface area contributed by atoms with Crippen LogP contribution in [0.5, 0.6) is 0 Å². The number of aliphatic hydroxyl groups is 1. The Bertz CT molecular complexity index is 824. The predicted octanol–water partition coefficient (Wildman–Crippen LogP) is 4.50. The summed E-state index contributed by atoms with van der Waals surface area (Å²) in [6.45, 7) is 7.65. The van der Waals surface area contributed by atoms with Crippen LogP contribution in [0.4, 0.5) is 0 Å². The molecule has 0 aliphatic rings. The first-order chi connectivity index (χ1) is 12.2. The maximum absolute atomic E-state index is 13.0. The molecule has 1 aromatic heterocycles. The Kier molecular flexibility index (Phi) is 6.52. The fraction of sp³-hybridized carbons (Fsp3) is 0.381. The SMILES string of the molecule is CC[C@H](C)N(Cc1cccc(Cl)c1)C(=O)c1ccc(C#CC(C)(C)O)o1. The summed E-state index contributed by atoms with van der Waals surface area (Å²) in [7, 11) is 0. The largest absolute Gasteiger partial charge is 0.443 e. The van der Waals surface area contributed by atoms with Gasteiger partial charge in [0.1, 0.15) is 5.60 Å². The molecule has 2 aromatic rings. The van der Waals surface area contributed by atoms with Gasteiger partial charge in [0.25, 0.3) is 5.91 Å². The minimum absolute atomic E-state index is 0.0393. The van der Waals surface area contributed by atoms with E-state index in [1.54, 1.807) is 36.9 Å². The highest BCUT2D eigenvalue weighted by atomic mass is 35.5. The van der Waals surface area contributed by atoms with Gasteiger partial charge in [-0.2, -0.15) is 0 Å². The quantitative estimate of drug-likeness (QED) is 0.785. The lowest BCUT2D eigenvalue weighted by Crippen LogP contribution is -2.37. The van der Waals surface area contributed by atoms with E-state index in [9.17, 15) is 9.90 Å². The number of rotatable bonds is 5. The molecule has 0 fully saturated rings. The summed E-state index contributed by atoms with van der Waals surface area (Å²) in [6.07, 6.45) is 0.818. The Morgan fingerprint density at radius 1 is 1.35 bits per heavy atom. The number of benzene rings is 1. The van der Waals surface area contributed by atoms with Gasteiger partial charge in [0, 0.05) is 17.6 Å². The molecule has 5 heteroatoms. The Morgan fingerprint density at radius 2 is 2.08 bits per heavy atom. The molecule has 0 radical (unpaired) electrons. The number of amides is 1. The standard InChI is InChI=1S/C21H24ClNO3/c1-5-15(2)23(14-16-7-6-8-17(22)13-16)20(24)19-10-9-18(26-19)11-12-21(3,4)25/h6-10,13,15,25H,5,14H2,1-4H3/t15-/m0/s1. The second-order valence-corrected chi connectivity index (χ2v) is 7.23. The third-order valence-electron chi connectivity index (χ3n) is 3.93. The fourth-order valence-electron chi connectivity index (χ4n) is 2.36. The van der Waals surface area contributed by atoms with E-state index in [1.807, 2.05) is 32.0 Å². The minimum Gasteiger partial charge on any atom is -0.443 e. The van der Waals surface area contributed by atoms with Gasteiger partial charge in [0.2, 0.25) is 0 Å². The van der Waals surface area contributed by atoms with Crippen molar-refractivity contribution in [2.45, 2.75) is 52.3 Å². The van der Waals surface area contributed by atoms with Crippen LogP contribution in [-0.2, 0) is 6.54 Å². The Hall–Kier alpha value is -2.22. The van der Waals surface area contributed by atoms with Gasteiger partial charge >= 0.3 is 0 Å². The third kappa shape index (κ3) is 5.66. The van der Waals surface area contributed by atoms with Crippen LogP contribution in [0.3, 0.4) is 0 Å². The number of carbonyl (C=O) groups excluding carboxylic acids is 1. The number of furan rings is 1. The van der Waals surface area contributed by atoms with E-state index in [2.05, 4.69) is 11.8 Å². The maximum Gasteiger partial charge on any atom is 0.290 e. The molecular formula is C21H24ClNO3. The van der Waals surface area contributed by atoms with Crippen molar-refractivity contribution >= 4 is 17.5 Å². The van der Waals surface area contributed by atoms with Crippen molar-refractivity contribution in [3.05, 3.63) is 58.5 Å². The fourth-order valence-corrected chi connectivity index (χ4v) is 2.57. The average Bonchev–Trinajstić information content (AvgIpc) is 3.05. The van der Waals surface area contributed by atoms with Crippen molar-refractivity contribution in [2.24, 2.45) is 0 Å². The number of hydrogen-bond acceptors (Lipinski definition) is 3. The summed E-state index contributed by atoms with van der Waals surface area (Å²) in [5.74, 6) is 5.80. The van der Waals surface area contributed by atoms with Gasteiger partial charge in [-0.15, -0.1) is 0 Å². The molecule has 1 heterocycles. The maximum atomic E-state index is 13.0. The Labute approximate surface area is 159 Å². The summed E-state index contributed by atoms with van der Waals surface area (Å²) in [6, 6.07) is 10.8. The molecular weight excluding hydrogens is 350 g/mol. The minimum atomic E-state index is -1.12. The topological polar surface area (TPSA) is 53.7 Å². The summed E-state index contributed by atoms with van der Waals surface area (Å²) in [5.41, 5.74) is -0.161. The van der Waals surface area contributed by atoms with E-state index >= 15 is 0 Å². The van der Waals surface area contributed by atoms with Crippen molar-refractivity contribution in [2.75, 3.05) is 0 Å². The van der Waals surface area contributed by atoms with Crippen molar-refractivity contribution in [3.63, 3.8) is 0 Å². The normalized spacial score (nSPS) is 12.2. The van der Waals surface area contributed by atoms with Crippen LogP contribution in [0, 0.1) is 11.8 Å². The van der Waals surface area contributed by atoms with Crippen LogP contribution in [0.1, 0.15) is 56.0 Å². The summed E-state index contributed by atoms with van der Waals surface area (Å²) in [4.78, 5) is 14.7. The van der Waals surface area contributed by atoms with Crippen LogP contribution in [0.15, 0.2) is 40.8 Å². The molecule has 26 heavy (non-hydrogen) atoms. The Morgan fingerprint density at radius 3 is 2.69 bits per heavy atom. The predicted molar refractivity (Wildman–Crippen MR) is 103 cm³/mol. The van der Waals surface area contributed by atoms with Crippen LogP contribution in [-0.4, -0.2) is 27.6 Å². The van der Waals surface area contributed by atoms with Gasteiger partial charge in [-0.3, -0.25) is 4.79 Å². The molecule has 0 bridgehead atoms. The van der Waals surface area contributed by atoms with Gasteiger partial charge in [-0.1, -0.05) is 36.6 Å². The van der Waals surface area contributed by atoms with Crippen LogP contribution < -0.4 is 0 Å². The molecule has 1 amide bonds. The van der Waals surface area contributed by atoms with Crippen molar-refractivity contribution in [1.29, 1.82) is 0 Å². The lowest BCUT2D eigenvalue weighted by Gasteiger charge is -2.28. The molecule has 1 atom stereocenters. The first kappa shape index (κ1) is 20.1. The van der Waals surface area contributed by atoms with Gasteiger partial charge in [-0.05, 0) is 62.9 Å². The van der Waals surface area contributed by atoms with E-state index in [0.717, 1.165) is 12.0 Å². The molecule has 2 rings (SSSR count). The molecule has 1 N–H and O–H groups in total. The van der Waals surface area contributed by atoms with E-state index in [0.29, 0.717) is 17.3 Å². The molecule has 0 saturated carbocycles. The summed E-state index contributed by atoms with van der Waals surface area (Å²) >= 11 is 6.06. The van der Waals surface area contributed by atoms with E-state index in [4.69, 9.17) is 16.0 Å². The second kappa shape index (κ2) is 8.44. The Balaban J connectivity index is 2.24. The summed E-state index contributed by atoms with van der Waals surface area (Å²) < 4.78 is 5.58. The van der Waals surface area contributed by atoms with Gasteiger partial charge in [0.15, 0.2) is 11.5 Å². The van der Waals surface area contributed by atoms with Crippen LogP contribution in [0.2, 0.25) is 5.02 Å². The molecule has 0 unspecified atom stereocenters. The molecule has 4 nitrogen and oxygen atoms in total. The molecule has 0 aliphatic heterocycles. The van der Waals surface area contributed by atoms with Crippen LogP contribution in [0.25, 0.3) is 0 Å². The molecule has 0 saturated heterocycles. The third-order valence-corrected chi connectivity index (χ3v) is 4.17. The first-order valence-electron chi connectivity index (χ1n) is 8.60. The van der Waals surface area contributed by atoms with Crippen molar-refractivity contribution < 1.29 is 14.3 Å². The van der Waals surface area contributed by atoms with Crippen LogP contribution >= 0.6 is 11.6 Å².